The second-order valence-corrected chi connectivity index (χ2v) is 8.39. The minimum Gasteiger partial charge on any atom is -0.465 e. The Labute approximate surface area is 187 Å². The van der Waals surface area contributed by atoms with E-state index < -0.39 is 47.8 Å². The normalized spacial score (nSPS) is 19.5. The first-order chi connectivity index (χ1) is 14.8. The van der Waals surface area contributed by atoms with Crippen LogP contribution >= 0.6 is 15.9 Å². The topological polar surface area (TPSA) is 61.9 Å². The zero-order valence-electron chi connectivity index (χ0n) is 16.5. The standard InChI is InChI=1S/C21H18BrF6NO3/c1-10-6-11(8-13(7-10)21(26,27)28)18-17(32-18)5-4-16(29-19(30)31)14-9-12(20(23,24)25)2-3-15(14)22/h2-3,6-9,16-18,29H,4-5H2,1H3,(H,30,31)/t16-,17+,18+/m0/s1. The molecule has 1 fully saturated rings. The van der Waals surface area contributed by atoms with Crippen LogP contribution in [0.1, 0.15) is 52.8 Å². The lowest BCUT2D eigenvalue weighted by atomic mass is 9.96. The number of hydrogen-bond acceptors (Lipinski definition) is 2. The molecule has 11 heteroatoms. The number of ether oxygens (including phenoxy) is 1. The molecule has 1 aliphatic rings. The van der Waals surface area contributed by atoms with Gasteiger partial charge in [-0.3, -0.25) is 0 Å². The monoisotopic (exact) mass is 525 g/mol. The molecule has 0 saturated carbocycles. The van der Waals surface area contributed by atoms with Gasteiger partial charge in [0.1, 0.15) is 6.10 Å². The third kappa shape index (κ3) is 5.94. The molecule has 1 amide bonds. The summed E-state index contributed by atoms with van der Waals surface area (Å²) in [5, 5.41) is 11.3. The van der Waals surface area contributed by atoms with Crippen LogP contribution in [0.5, 0.6) is 0 Å². The Balaban J connectivity index is 1.75. The van der Waals surface area contributed by atoms with Gasteiger partial charge in [-0.1, -0.05) is 27.6 Å². The third-order valence-corrected chi connectivity index (χ3v) is 5.80. The molecule has 4 nitrogen and oxygen atoms in total. The zero-order valence-corrected chi connectivity index (χ0v) is 18.1. The molecule has 0 radical (unpaired) electrons. The highest BCUT2D eigenvalue weighted by molar-refractivity contribution is 9.10. The molecule has 1 saturated heterocycles. The largest absolute Gasteiger partial charge is 0.465 e. The van der Waals surface area contributed by atoms with Gasteiger partial charge in [-0.05, 0) is 61.2 Å². The van der Waals surface area contributed by atoms with Crippen molar-refractivity contribution in [2.24, 2.45) is 0 Å². The molecule has 2 aromatic rings. The number of halogens is 7. The number of hydrogen-bond donors (Lipinski definition) is 2. The molecule has 0 bridgehead atoms. The quantitative estimate of drug-likeness (QED) is 0.314. The lowest BCUT2D eigenvalue weighted by Gasteiger charge is -2.20. The van der Waals surface area contributed by atoms with Gasteiger partial charge in [-0.15, -0.1) is 0 Å². The molecule has 1 aliphatic heterocycles. The van der Waals surface area contributed by atoms with E-state index in [0.29, 0.717) is 15.6 Å². The molecule has 0 unspecified atom stereocenters. The molecule has 32 heavy (non-hydrogen) atoms. The summed E-state index contributed by atoms with van der Waals surface area (Å²) < 4.78 is 84.2. The van der Waals surface area contributed by atoms with Gasteiger partial charge >= 0.3 is 18.4 Å². The predicted octanol–water partition coefficient (Wildman–Crippen LogP) is 7.02. The number of alkyl halides is 6. The Morgan fingerprint density at radius 2 is 1.75 bits per heavy atom. The number of rotatable bonds is 6. The van der Waals surface area contributed by atoms with E-state index in [0.717, 1.165) is 24.3 Å². The van der Waals surface area contributed by atoms with Crippen LogP contribution in [0.15, 0.2) is 40.9 Å². The van der Waals surface area contributed by atoms with Crippen molar-refractivity contribution < 1.29 is 41.0 Å². The summed E-state index contributed by atoms with van der Waals surface area (Å²) in [6.07, 6.45) is -11.3. The molecule has 3 atom stereocenters. The summed E-state index contributed by atoms with van der Waals surface area (Å²) in [7, 11) is 0. The smallest absolute Gasteiger partial charge is 0.416 e. The molecular formula is C21H18BrF6NO3. The Hall–Kier alpha value is -2.27. The molecule has 2 N–H and O–H groups in total. The van der Waals surface area contributed by atoms with Crippen LogP contribution in [-0.2, 0) is 17.1 Å². The van der Waals surface area contributed by atoms with Crippen molar-refractivity contribution in [1.82, 2.24) is 5.32 Å². The fourth-order valence-electron chi connectivity index (χ4n) is 3.57. The summed E-state index contributed by atoms with van der Waals surface area (Å²) in [5.41, 5.74) is -0.838. The van der Waals surface area contributed by atoms with Crippen molar-refractivity contribution in [3.8, 4) is 0 Å². The maximum absolute atomic E-state index is 13.1. The molecule has 2 aromatic carbocycles. The van der Waals surface area contributed by atoms with Gasteiger partial charge in [0, 0.05) is 4.47 Å². The van der Waals surface area contributed by atoms with Crippen molar-refractivity contribution in [1.29, 1.82) is 0 Å². The Morgan fingerprint density at radius 3 is 2.34 bits per heavy atom. The minimum atomic E-state index is -4.60. The average molecular weight is 526 g/mol. The van der Waals surface area contributed by atoms with Crippen LogP contribution < -0.4 is 5.32 Å². The lowest BCUT2D eigenvalue weighted by Crippen LogP contribution is -2.27. The second kappa shape index (κ2) is 8.93. The van der Waals surface area contributed by atoms with Gasteiger partial charge < -0.3 is 15.2 Å². The molecule has 0 aliphatic carbocycles. The maximum Gasteiger partial charge on any atom is 0.416 e. The highest BCUT2D eigenvalue weighted by Gasteiger charge is 2.42. The second-order valence-electron chi connectivity index (χ2n) is 7.54. The van der Waals surface area contributed by atoms with E-state index in [1.54, 1.807) is 6.07 Å². The first-order valence-corrected chi connectivity index (χ1v) is 10.3. The molecule has 0 aromatic heterocycles. The third-order valence-electron chi connectivity index (χ3n) is 5.07. The Kier molecular flexibility index (Phi) is 6.80. The number of epoxide rings is 1. The van der Waals surface area contributed by atoms with Crippen LogP contribution in [0.3, 0.4) is 0 Å². The van der Waals surface area contributed by atoms with Gasteiger partial charge in [0.15, 0.2) is 0 Å². The van der Waals surface area contributed by atoms with Crippen molar-refractivity contribution in [2.75, 3.05) is 0 Å². The van der Waals surface area contributed by atoms with E-state index >= 15 is 0 Å². The minimum absolute atomic E-state index is 0.0886. The van der Waals surface area contributed by atoms with Gasteiger partial charge in [-0.25, -0.2) is 4.79 Å². The first kappa shape index (κ1) is 24.4. The number of aryl methyl sites for hydroxylation is 1. The summed E-state index contributed by atoms with van der Waals surface area (Å²) in [6.45, 7) is 1.54. The van der Waals surface area contributed by atoms with E-state index in [1.165, 1.54) is 13.0 Å². The number of carbonyl (C=O) groups is 1. The Bertz CT molecular complexity index is 1010. The van der Waals surface area contributed by atoms with E-state index in [4.69, 9.17) is 9.84 Å². The van der Waals surface area contributed by atoms with E-state index in [-0.39, 0.29) is 18.4 Å². The number of amides is 1. The fourth-order valence-corrected chi connectivity index (χ4v) is 4.09. The fraction of sp³-hybridized carbons (Fsp3) is 0.381. The first-order valence-electron chi connectivity index (χ1n) is 9.46. The van der Waals surface area contributed by atoms with Crippen LogP contribution in [0.2, 0.25) is 0 Å². The van der Waals surface area contributed by atoms with Crippen molar-refractivity contribution in [3.63, 3.8) is 0 Å². The number of nitrogens with one attached hydrogen (secondary N) is 1. The molecule has 1 heterocycles. The van der Waals surface area contributed by atoms with Crippen LogP contribution in [0, 0.1) is 6.92 Å². The van der Waals surface area contributed by atoms with Crippen LogP contribution in [-0.4, -0.2) is 17.3 Å². The average Bonchev–Trinajstić information content (AvgIpc) is 3.43. The number of benzene rings is 2. The molecule has 3 rings (SSSR count). The van der Waals surface area contributed by atoms with Gasteiger partial charge in [0.2, 0.25) is 0 Å². The summed E-state index contributed by atoms with van der Waals surface area (Å²) in [5.74, 6) is 0. The van der Waals surface area contributed by atoms with Gasteiger partial charge in [0.25, 0.3) is 0 Å². The maximum atomic E-state index is 13.1. The van der Waals surface area contributed by atoms with Gasteiger partial charge in [0.05, 0.1) is 23.3 Å². The van der Waals surface area contributed by atoms with Crippen molar-refractivity contribution in [2.45, 2.75) is 50.4 Å². The summed E-state index contributed by atoms with van der Waals surface area (Å²) >= 11 is 3.16. The van der Waals surface area contributed by atoms with E-state index in [9.17, 15) is 31.1 Å². The van der Waals surface area contributed by atoms with Crippen LogP contribution in [0.25, 0.3) is 0 Å². The van der Waals surface area contributed by atoms with Crippen molar-refractivity contribution in [3.05, 3.63) is 68.7 Å². The number of carboxylic acid groups (broad SMARTS) is 1. The van der Waals surface area contributed by atoms with Crippen LogP contribution in [0.4, 0.5) is 31.1 Å². The summed E-state index contributed by atoms with van der Waals surface area (Å²) in [6, 6.07) is 5.57. The molecule has 0 spiro atoms. The van der Waals surface area contributed by atoms with E-state index in [2.05, 4.69) is 21.2 Å². The highest BCUT2D eigenvalue weighted by Crippen LogP contribution is 2.45. The highest BCUT2D eigenvalue weighted by atomic mass is 79.9. The molecular weight excluding hydrogens is 508 g/mol. The van der Waals surface area contributed by atoms with Crippen molar-refractivity contribution >= 4 is 22.0 Å². The van der Waals surface area contributed by atoms with E-state index in [1.807, 2.05) is 0 Å². The lowest BCUT2D eigenvalue weighted by molar-refractivity contribution is -0.138. The zero-order chi connectivity index (χ0) is 23.8. The Morgan fingerprint density at radius 1 is 1.09 bits per heavy atom. The molecule has 174 valence electrons. The summed E-state index contributed by atoms with van der Waals surface area (Å²) in [4.78, 5) is 11.2. The SMILES string of the molecule is Cc1cc([C@H]2O[C@@H]2CC[C@H](NC(=O)O)c2cc(C(F)(F)F)ccc2Br)cc(C(F)(F)F)c1. The predicted molar refractivity (Wildman–Crippen MR) is 106 cm³/mol. The van der Waals surface area contributed by atoms with Gasteiger partial charge in [-0.2, -0.15) is 26.3 Å².